The van der Waals surface area contributed by atoms with E-state index in [4.69, 9.17) is 4.98 Å². The van der Waals surface area contributed by atoms with Crippen molar-refractivity contribution in [3.8, 4) is 10.6 Å². The molecule has 0 amide bonds. The molecule has 4 rings (SSSR count). The SMILES string of the molecule is CN(Cc1csc(-c2cnn(C)c2)n1)[C@H]1CCCc2ccccc21. The molecular formula is C19H22N4S. The van der Waals surface area contributed by atoms with Crippen LogP contribution in [0.5, 0.6) is 0 Å². The predicted molar refractivity (Wildman–Crippen MR) is 97.9 cm³/mol. The van der Waals surface area contributed by atoms with Gasteiger partial charge in [0.05, 0.1) is 11.9 Å². The van der Waals surface area contributed by atoms with Crippen molar-refractivity contribution in [3.05, 3.63) is 58.9 Å². The lowest BCUT2D eigenvalue weighted by Gasteiger charge is -2.32. The Labute approximate surface area is 146 Å². The smallest absolute Gasteiger partial charge is 0.126 e. The van der Waals surface area contributed by atoms with E-state index >= 15 is 0 Å². The average Bonchev–Trinajstić information content (AvgIpc) is 3.23. The summed E-state index contributed by atoms with van der Waals surface area (Å²) in [4.78, 5) is 7.25. The third-order valence-electron chi connectivity index (χ3n) is 4.78. The van der Waals surface area contributed by atoms with Crippen molar-refractivity contribution in [3.63, 3.8) is 0 Å². The quantitative estimate of drug-likeness (QED) is 0.719. The molecule has 0 radical (unpaired) electrons. The number of fused-ring (bicyclic) bond motifs is 1. The van der Waals surface area contributed by atoms with Crippen LogP contribution >= 0.6 is 11.3 Å². The average molecular weight is 338 g/mol. The van der Waals surface area contributed by atoms with Crippen LogP contribution in [0.2, 0.25) is 0 Å². The number of hydrogen-bond donors (Lipinski definition) is 0. The van der Waals surface area contributed by atoms with Crippen LogP contribution in [0.1, 0.15) is 35.7 Å². The molecule has 124 valence electrons. The predicted octanol–water partition coefficient (Wildman–Crippen LogP) is 4.05. The first kappa shape index (κ1) is 15.5. The maximum absolute atomic E-state index is 4.81. The third-order valence-corrected chi connectivity index (χ3v) is 5.72. The van der Waals surface area contributed by atoms with Crippen molar-refractivity contribution in [1.82, 2.24) is 19.7 Å². The van der Waals surface area contributed by atoms with Gasteiger partial charge in [-0.2, -0.15) is 5.10 Å². The van der Waals surface area contributed by atoms with Crippen LogP contribution < -0.4 is 0 Å². The number of thiazole rings is 1. The van der Waals surface area contributed by atoms with E-state index in [1.165, 1.54) is 30.4 Å². The Morgan fingerprint density at radius 3 is 3.04 bits per heavy atom. The molecule has 0 fully saturated rings. The van der Waals surface area contributed by atoms with Gasteiger partial charge in [-0.05, 0) is 37.4 Å². The summed E-state index contributed by atoms with van der Waals surface area (Å²) in [6.07, 6.45) is 7.60. The summed E-state index contributed by atoms with van der Waals surface area (Å²) in [7, 11) is 4.15. The van der Waals surface area contributed by atoms with Gasteiger partial charge in [0.15, 0.2) is 0 Å². The highest BCUT2D eigenvalue weighted by Crippen LogP contribution is 2.34. The Hall–Kier alpha value is -1.98. The van der Waals surface area contributed by atoms with Gasteiger partial charge in [0.25, 0.3) is 0 Å². The highest BCUT2D eigenvalue weighted by molar-refractivity contribution is 7.13. The molecule has 0 saturated carbocycles. The first-order valence-electron chi connectivity index (χ1n) is 8.42. The van der Waals surface area contributed by atoms with Crippen molar-refractivity contribution in [1.29, 1.82) is 0 Å². The molecular weight excluding hydrogens is 316 g/mol. The normalized spacial score (nSPS) is 17.2. The number of aromatic nitrogens is 3. The van der Waals surface area contributed by atoms with Crippen molar-refractivity contribution >= 4 is 11.3 Å². The molecule has 4 nitrogen and oxygen atoms in total. The minimum absolute atomic E-state index is 0.499. The van der Waals surface area contributed by atoms with E-state index in [2.05, 4.69) is 46.7 Å². The van der Waals surface area contributed by atoms with Crippen molar-refractivity contribution < 1.29 is 0 Å². The number of aryl methyl sites for hydroxylation is 2. The van der Waals surface area contributed by atoms with Gasteiger partial charge in [-0.3, -0.25) is 9.58 Å². The Balaban J connectivity index is 1.51. The van der Waals surface area contributed by atoms with Gasteiger partial charge >= 0.3 is 0 Å². The van der Waals surface area contributed by atoms with Gasteiger partial charge < -0.3 is 0 Å². The maximum Gasteiger partial charge on any atom is 0.126 e. The van der Waals surface area contributed by atoms with Gasteiger partial charge in [0.1, 0.15) is 5.01 Å². The summed E-state index contributed by atoms with van der Waals surface area (Å²) in [5.74, 6) is 0. The summed E-state index contributed by atoms with van der Waals surface area (Å²) >= 11 is 1.70. The zero-order chi connectivity index (χ0) is 16.5. The van der Waals surface area contributed by atoms with Gasteiger partial charge in [0.2, 0.25) is 0 Å². The van der Waals surface area contributed by atoms with Crippen molar-refractivity contribution in [2.24, 2.45) is 7.05 Å². The van der Waals surface area contributed by atoms with Gasteiger partial charge in [-0.15, -0.1) is 11.3 Å². The second kappa shape index (κ2) is 6.49. The summed E-state index contributed by atoms with van der Waals surface area (Å²) in [5.41, 5.74) is 5.24. The lowest BCUT2D eigenvalue weighted by atomic mass is 9.87. The molecule has 0 unspecified atom stereocenters. The zero-order valence-corrected chi connectivity index (χ0v) is 15.0. The molecule has 0 aliphatic heterocycles. The largest absolute Gasteiger partial charge is 0.294 e. The molecule has 0 N–H and O–H groups in total. The number of hydrogen-bond acceptors (Lipinski definition) is 4. The van der Waals surface area contributed by atoms with E-state index in [-0.39, 0.29) is 0 Å². The highest BCUT2D eigenvalue weighted by atomic mass is 32.1. The van der Waals surface area contributed by atoms with Crippen LogP contribution in [0, 0.1) is 0 Å². The third kappa shape index (κ3) is 3.01. The van der Waals surface area contributed by atoms with Crippen LogP contribution in [0.3, 0.4) is 0 Å². The van der Waals surface area contributed by atoms with Gasteiger partial charge in [-0.1, -0.05) is 24.3 Å². The molecule has 5 heteroatoms. The second-order valence-electron chi connectivity index (χ2n) is 6.57. The lowest BCUT2D eigenvalue weighted by Crippen LogP contribution is -2.27. The van der Waals surface area contributed by atoms with Crippen molar-refractivity contribution in [2.75, 3.05) is 7.05 Å². The molecule has 24 heavy (non-hydrogen) atoms. The van der Waals surface area contributed by atoms with Crippen LogP contribution in [0.25, 0.3) is 10.6 Å². The molecule has 2 aromatic heterocycles. The Bertz CT molecular complexity index is 835. The standard InChI is InChI=1S/C19H22N4S/c1-22(18-9-5-7-14-6-3-4-8-17(14)18)12-16-13-24-19(21-16)15-10-20-23(2)11-15/h3-4,6,8,10-11,13,18H,5,7,9,12H2,1-2H3/t18-/m0/s1. The fourth-order valence-corrected chi connectivity index (χ4v) is 4.38. The molecule has 0 spiro atoms. The molecule has 2 heterocycles. The monoisotopic (exact) mass is 338 g/mol. The van der Waals surface area contributed by atoms with E-state index in [0.29, 0.717) is 6.04 Å². The fourth-order valence-electron chi connectivity index (χ4n) is 3.60. The molecule has 0 bridgehead atoms. The topological polar surface area (TPSA) is 34.0 Å². The number of nitrogens with zero attached hydrogens (tertiary/aromatic N) is 4. The van der Waals surface area contributed by atoms with Crippen LogP contribution in [0.4, 0.5) is 0 Å². The first-order valence-corrected chi connectivity index (χ1v) is 9.30. The highest BCUT2D eigenvalue weighted by Gasteiger charge is 2.23. The minimum Gasteiger partial charge on any atom is -0.294 e. The molecule has 1 aromatic carbocycles. The minimum atomic E-state index is 0.499. The van der Waals surface area contributed by atoms with E-state index in [1.54, 1.807) is 11.3 Å². The molecule has 3 aromatic rings. The van der Waals surface area contributed by atoms with Crippen LogP contribution in [-0.4, -0.2) is 26.7 Å². The van der Waals surface area contributed by atoms with Gasteiger partial charge in [0, 0.05) is 36.8 Å². The summed E-state index contributed by atoms with van der Waals surface area (Å²) in [6.45, 7) is 0.885. The number of benzene rings is 1. The van der Waals surface area contributed by atoms with Crippen molar-refractivity contribution in [2.45, 2.75) is 31.8 Å². The molecule has 1 aliphatic rings. The maximum atomic E-state index is 4.81. The summed E-state index contributed by atoms with van der Waals surface area (Å²) in [6, 6.07) is 9.38. The Morgan fingerprint density at radius 1 is 1.33 bits per heavy atom. The zero-order valence-electron chi connectivity index (χ0n) is 14.1. The summed E-state index contributed by atoms with van der Waals surface area (Å²) in [5, 5.41) is 7.46. The second-order valence-corrected chi connectivity index (χ2v) is 7.43. The Kier molecular flexibility index (Phi) is 4.21. The van der Waals surface area contributed by atoms with E-state index in [0.717, 1.165) is 22.8 Å². The van der Waals surface area contributed by atoms with Crippen LogP contribution in [0.15, 0.2) is 42.0 Å². The molecule has 1 aliphatic carbocycles. The Morgan fingerprint density at radius 2 is 2.21 bits per heavy atom. The van der Waals surface area contributed by atoms with Crippen LogP contribution in [-0.2, 0) is 20.0 Å². The fraction of sp³-hybridized carbons (Fsp3) is 0.368. The lowest BCUT2D eigenvalue weighted by molar-refractivity contribution is 0.211. The van der Waals surface area contributed by atoms with E-state index in [9.17, 15) is 0 Å². The first-order chi connectivity index (χ1) is 11.7. The molecule has 0 saturated heterocycles. The number of rotatable bonds is 4. The molecule has 1 atom stereocenters. The van der Waals surface area contributed by atoms with Gasteiger partial charge in [-0.25, -0.2) is 4.98 Å². The summed E-state index contributed by atoms with van der Waals surface area (Å²) < 4.78 is 1.82. The van der Waals surface area contributed by atoms with E-state index in [1.807, 2.05) is 24.1 Å². The van der Waals surface area contributed by atoms with E-state index < -0.39 is 0 Å².